The molecule has 0 amide bonds. The summed E-state index contributed by atoms with van der Waals surface area (Å²) in [6.07, 6.45) is 7.25. The molecule has 1 aliphatic carbocycles. The standard InChI is InChI=1S/C15H20O2/c1-2-4-12(5-3-1)13-6-8-14(9-7-13)16-10-15-11-17-15/h6-9,12,15H,1-5,10-11H2/t15-/m0/s1. The maximum absolute atomic E-state index is 5.65. The number of hydrogen-bond donors (Lipinski definition) is 0. The van der Waals surface area contributed by atoms with Gasteiger partial charge in [0.2, 0.25) is 0 Å². The van der Waals surface area contributed by atoms with Crippen LogP contribution in [-0.4, -0.2) is 19.3 Å². The van der Waals surface area contributed by atoms with Crippen LogP contribution in [0.3, 0.4) is 0 Å². The van der Waals surface area contributed by atoms with Gasteiger partial charge in [-0.05, 0) is 36.5 Å². The van der Waals surface area contributed by atoms with E-state index >= 15 is 0 Å². The Hall–Kier alpha value is -1.02. The third-order valence-corrected chi connectivity index (χ3v) is 3.79. The van der Waals surface area contributed by atoms with Crippen molar-refractivity contribution in [1.82, 2.24) is 0 Å². The van der Waals surface area contributed by atoms with E-state index < -0.39 is 0 Å². The van der Waals surface area contributed by atoms with Crippen LogP contribution in [0.25, 0.3) is 0 Å². The Labute approximate surface area is 103 Å². The van der Waals surface area contributed by atoms with Gasteiger partial charge >= 0.3 is 0 Å². The van der Waals surface area contributed by atoms with Crippen LogP contribution in [0, 0.1) is 0 Å². The van der Waals surface area contributed by atoms with Gasteiger partial charge in [-0.1, -0.05) is 31.4 Å². The van der Waals surface area contributed by atoms with Crippen LogP contribution in [0.15, 0.2) is 24.3 Å². The van der Waals surface area contributed by atoms with E-state index in [9.17, 15) is 0 Å². The lowest BCUT2D eigenvalue weighted by atomic mass is 9.84. The minimum absolute atomic E-state index is 0.341. The fourth-order valence-electron chi connectivity index (χ4n) is 2.63. The lowest BCUT2D eigenvalue weighted by molar-refractivity contribution is 0.263. The molecule has 17 heavy (non-hydrogen) atoms. The Balaban J connectivity index is 1.58. The number of benzene rings is 1. The van der Waals surface area contributed by atoms with Crippen LogP contribution in [0.4, 0.5) is 0 Å². The summed E-state index contributed by atoms with van der Waals surface area (Å²) >= 11 is 0. The van der Waals surface area contributed by atoms with E-state index in [1.807, 2.05) is 0 Å². The van der Waals surface area contributed by atoms with Crippen molar-refractivity contribution in [3.63, 3.8) is 0 Å². The molecule has 1 aliphatic heterocycles. The smallest absolute Gasteiger partial charge is 0.119 e. The average molecular weight is 232 g/mol. The summed E-state index contributed by atoms with van der Waals surface area (Å²) in [6.45, 7) is 1.56. The predicted octanol–water partition coefficient (Wildman–Crippen LogP) is 3.51. The van der Waals surface area contributed by atoms with Gasteiger partial charge in [0.05, 0.1) is 6.61 Å². The summed E-state index contributed by atoms with van der Waals surface area (Å²) in [5.41, 5.74) is 1.49. The van der Waals surface area contributed by atoms with Gasteiger partial charge in [-0.2, -0.15) is 0 Å². The van der Waals surface area contributed by atoms with Crippen molar-refractivity contribution in [1.29, 1.82) is 0 Å². The van der Waals surface area contributed by atoms with Gasteiger partial charge in [-0.3, -0.25) is 0 Å². The first-order valence-electron chi connectivity index (χ1n) is 6.76. The second kappa shape index (κ2) is 5.09. The molecule has 0 radical (unpaired) electrons. The Morgan fingerprint density at radius 3 is 2.41 bits per heavy atom. The molecular formula is C15H20O2. The highest BCUT2D eigenvalue weighted by atomic mass is 16.6. The van der Waals surface area contributed by atoms with Gasteiger partial charge in [-0.25, -0.2) is 0 Å². The Bertz CT molecular complexity index is 348. The van der Waals surface area contributed by atoms with Crippen molar-refractivity contribution < 1.29 is 9.47 Å². The van der Waals surface area contributed by atoms with Gasteiger partial charge < -0.3 is 9.47 Å². The Morgan fingerprint density at radius 2 is 1.76 bits per heavy atom. The quantitative estimate of drug-likeness (QED) is 0.741. The summed E-state index contributed by atoms with van der Waals surface area (Å²) in [7, 11) is 0. The zero-order chi connectivity index (χ0) is 11.5. The van der Waals surface area contributed by atoms with Gasteiger partial charge in [0.25, 0.3) is 0 Å². The fraction of sp³-hybridized carbons (Fsp3) is 0.600. The highest BCUT2D eigenvalue weighted by Gasteiger charge is 2.23. The molecule has 1 saturated heterocycles. The molecule has 1 heterocycles. The predicted molar refractivity (Wildman–Crippen MR) is 67.5 cm³/mol. The van der Waals surface area contributed by atoms with Crippen LogP contribution >= 0.6 is 0 Å². The molecule has 1 aromatic rings. The number of epoxide rings is 1. The molecule has 1 aromatic carbocycles. The molecule has 3 rings (SSSR count). The summed E-state index contributed by atoms with van der Waals surface area (Å²) < 4.78 is 10.8. The highest BCUT2D eigenvalue weighted by Crippen LogP contribution is 2.33. The topological polar surface area (TPSA) is 21.8 Å². The molecule has 92 valence electrons. The molecule has 2 fully saturated rings. The number of ether oxygens (including phenoxy) is 2. The van der Waals surface area contributed by atoms with Crippen LogP contribution in [0.5, 0.6) is 5.75 Å². The maximum Gasteiger partial charge on any atom is 0.119 e. The zero-order valence-corrected chi connectivity index (χ0v) is 10.2. The van der Waals surface area contributed by atoms with Crippen molar-refractivity contribution >= 4 is 0 Å². The largest absolute Gasteiger partial charge is 0.491 e. The summed E-state index contributed by atoms with van der Waals surface area (Å²) in [5.74, 6) is 1.75. The minimum Gasteiger partial charge on any atom is -0.491 e. The second-order valence-corrected chi connectivity index (χ2v) is 5.17. The van der Waals surface area contributed by atoms with E-state index in [2.05, 4.69) is 24.3 Å². The molecule has 0 spiro atoms. The van der Waals surface area contributed by atoms with Gasteiger partial charge in [0.1, 0.15) is 18.5 Å². The van der Waals surface area contributed by atoms with E-state index in [0.29, 0.717) is 12.7 Å². The molecule has 2 aliphatic rings. The van der Waals surface area contributed by atoms with Gasteiger partial charge in [0, 0.05) is 0 Å². The van der Waals surface area contributed by atoms with Gasteiger partial charge in [0.15, 0.2) is 0 Å². The number of rotatable bonds is 4. The average Bonchev–Trinajstić information content (AvgIpc) is 3.22. The van der Waals surface area contributed by atoms with Crippen LogP contribution in [-0.2, 0) is 4.74 Å². The molecule has 0 unspecified atom stereocenters. The molecule has 0 bridgehead atoms. The van der Waals surface area contributed by atoms with Crippen molar-refractivity contribution in [2.24, 2.45) is 0 Å². The SMILES string of the molecule is c1cc(C2CCCCC2)ccc1OC[C@H]1CO1. The van der Waals surface area contributed by atoms with Crippen molar-refractivity contribution in [2.45, 2.75) is 44.1 Å². The molecule has 2 nitrogen and oxygen atoms in total. The molecule has 1 saturated carbocycles. The van der Waals surface area contributed by atoms with E-state index in [0.717, 1.165) is 18.3 Å². The number of hydrogen-bond acceptors (Lipinski definition) is 2. The molecular weight excluding hydrogens is 212 g/mol. The minimum atomic E-state index is 0.341. The van der Waals surface area contributed by atoms with Crippen LogP contribution in [0.2, 0.25) is 0 Å². The van der Waals surface area contributed by atoms with Crippen molar-refractivity contribution in [2.75, 3.05) is 13.2 Å². The lowest BCUT2D eigenvalue weighted by Gasteiger charge is -2.22. The molecule has 0 N–H and O–H groups in total. The van der Waals surface area contributed by atoms with Gasteiger partial charge in [-0.15, -0.1) is 0 Å². The Morgan fingerprint density at radius 1 is 1.06 bits per heavy atom. The van der Waals surface area contributed by atoms with E-state index in [-0.39, 0.29) is 0 Å². The third-order valence-electron chi connectivity index (χ3n) is 3.79. The fourth-order valence-corrected chi connectivity index (χ4v) is 2.63. The van der Waals surface area contributed by atoms with Crippen molar-refractivity contribution in [3.05, 3.63) is 29.8 Å². The third kappa shape index (κ3) is 3.01. The molecule has 1 atom stereocenters. The Kier molecular flexibility index (Phi) is 3.32. The molecule has 0 aromatic heterocycles. The maximum atomic E-state index is 5.65. The zero-order valence-electron chi connectivity index (χ0n) is 10.2. The van der Waals surface area contributed by atoms with E-state index in [1.54, 1.807) is 0 Å². The second-order valence-electron chi connectivity index (χ2n) is 5.17. The summed E-state index contributed by atoms with van der Waals surface area (Å²) in [5, 5.41) is 0. The first-order valence-corrected chi connectivity index (χ1v) is 6.76. The van der Waals surface area contributed by atoms with Crippen molar-refractivity contribution in [3.8, 4) is 5.75 Å². The molecule has 2 heteroatoms. The lowest BCUT2D eigenvalue weighted by Crippen LogP contribution is -2.06. The monoisotopic (exact) mass is 232 g/mol. The van der Waals surface area contributed by atoms with Crippen LogP contribution in [0.1, 0.15) is 43.6 Å². The first-order chi connectivity index (χ1) is 8.42. The van der Waals surface area contributed by atoms with E-state index in [4.69, 9.17) is 9.47 Å². The summed E-state index contributed by atoms with van der Waals surface area (Å²) in [4.78, 5) is 0. The highest BCUT2D eigenvalue weighted by molar-refractivity contribution is 5.29. The summed E-state index contributed by atoms with van der Waals surface area (Å²) in [6, 6.07) is 8.68. The first kappa shape index (κ1) is 11.1. The van der Waals surface area contributed by atoms with Crippen LogP contribution < -0.4 is 4.74 Å². The normalized spacial score (nSPS) is 24.6. The van der Waals surface area contributed by atoms with E-state index in [1.165, 1.54) is 37.7 Å².